The molecule has 0 aromatic carbocycles. The van der Waals surface area contributed by atoms with E-state index in [9.17, 15) is 15.3 Å². The van der Waals surface area contributed by atoms with E-state index in [4.69, 9.17) is 25.7 Å². The van der Waals surface area contributed by atoms with E-state index < -0.39 is 37.3 Å². The van der Waals surface area contributed by atoms with E-state index in [-0.39, 0.29) is 0 Å². The number of hydrogen-bond acceptors (Lipinski definition) is 7. The van der Waals surface area contributed by atoms with Crippen LogP contribution < -0.4 is 0 Å². The quantitative estimate of drug-likeness (QED) is 0.296. The highest BCUT2D eigenvalue weighted by Crippen LogP contribution is 2.22. The molecule has 5 unspecified atom stereocenters. The van der Waals surface area contributed by atoms with E-state index in [0.29, 0.717) is 19.8 Å². The van der Waals surface area contributed by atoms with Gasteiger partial charge in [-0.25, -0.2) is 0 Å². The van der Waals surface area contributed by atoms with Gasteiger partial charge in [-0.3, -0.25) is 0 Å². The maximum absolute atomic E-state index is 9.80. The van der Waals surface area contributed by atoms with Crippen molar-refractivity contribution in [2.45, 2.75) is 62.8 Å². The summed E-state index contributed by atoms with van der Waals surface area (Å²) in [4.78, 5) is 0. The van der Waals surface area contributed by atoms with Crippen molar-refractivity contribution in [3.05, 3.63) is 0 Å². The largest absolute Gasteiger partial charge is 0.394 e. The van der Waals surface area contributed by atoms with Gasteiger partial charge in [0.05, 0.1) is 6.61 Å². The van der Waals surface area contributed by atoms with Gasteiger partial charge >= 0.3 is 0 Å². The van der Waals surface area contributed by atoms with Gasteiger partial charge < -0.3 is 34.6 Å². The highest BCUT2D eigenvalue weighted by atomic mass is 16.7. The van der Waals surface area contributed by atoms with Gasteiger partial charge in [-0.05, 0) is 12.8 Å². The predicted octanol–water partition coefficient (Wildman–Crippen LogP) is -0.597. The molecule has 0 aliphatic carbocycles. The Morgan fingerprint density at radius 2 is 1.57 bits per heavy atom. The third kappa shape index (κ3) is 7.14. The second-order valence-electron chi connectivity index (χ2n) is 5.59. The van der Waals surface area contributed by atoms with Crippen molar-refractivity contribution in [3.8, 4) is 12.3 Å². The van der Waals surface area contributed by atoms with E-state index in [1.165, 1.54) is 0 Å². The summed E-state index contributed by atoms with van der Waals surface area (Å²) in [5, 5.41) is 38.2. The fourth-order valence-electron chi connectivity index (χ4n) is 2.37. The van der Waals surface area contributed by atoms with Crippen LogP contribution in [0.3, 0.4) is 0 Å². The molecule has 1 fully saturated rings. The Morgan fingerprint density at radius 1 is 0.913 bits per heavy atom. The highest BCUT2D eigenvalue weighted by molar-refractivity contribution is 4.88. The average molecular weight is 332 g/mol. The van der Waals surface area contributed by atoms with Crippen LogP contribution >= 0.6 is 0 Å². The zero-order valence-electron chi connectivity index (χ0n) is 13.3. The number of aliphatic hydroxyl groups is 4. The molecule has 1 aliphatic rings. The molecule has 1 saturated heterocycles. The molecule has 0 spiro atoms. The molecule has 23 heavy (non-hydrogen) atoms. The molecular weight excluding hydrogens is 304 g/mol. The van der Waals surface area contributed by atoms with Crippen LogP contribution in [-0.2, 0) is 14.2 Å². The lowest BCUT2D eigenvalue weighted by Gasteiger charge is -2.39. The number of terminal acetylenes is 1. The summed E-state index contributed by atoms with van der Waals surface area (Å²) < 4.78 is 15.8. The van der Waals surface area contributed by atoms with Crippen molar-refractivity contribution in [1.29, 1.82) is 0 Å². The molecule has 1 aliphatic heterocycles. The van der Waals surface area contributed by atoms with Crippen LogP contribution in [0.1, 0.15) is 32.1 Å². The molecule has 4 N–H and O–H groups in total. The number of aliphatic hydroxyl groups excluding tert-OH is 4. The standard InChI is InChI=1S/C16H28O7/c1-2-8-21-9-6-4-3-5-7-10-22-16-15(20)14(19)13(18)12(11-17)23-16/h1,12-20H,3-11H2. The summed E-state index contributed by atoms with van der Waals surface area (Å²) in [5.74, 6) is 2.41. The van der Waals surface area contributed by atoms with Crippen molar-refractivity contribution >= 4 is 0 Å². The predicted molar refractivity (Wildman–Crippen MR) is 82.5 cm³/mol. The monoisotopic (exact) mass is 332 g/mol. The number of ether oxygens (including phenoxy) is 3. The molecule has 0 saturated carbocycles. The fourth-order valence-corrected chi connectivity index (χ4v) is 2.37. The zero-order chi connectivity index (χ0) is 17.1. The van der Waals surface area contributed by atoms with Crippen molar-refractivity contribution in [1.82, 2.24) is 0 Å². The van der Waals surface area contributed by atoms with Gasteiger partial charge in [0.15, 0.2) is 6.29 Å². The van der Waals surface area contributed by atoms with Crippen molar-refractivity contribution < 1.29 is 34.6 Å². The first-order chi connectivity index (χ1) is 11.1. The molecule has 0 amide bonds. The van der Waals surface area contributed by atoms with E-state index >= 15 is 0 Å². The van der Waals surface area contributed by atoms with E-state index in [2.05, 4.69) is 5.92 Å². The third-order valence-electron chi connectivity index (χ3n) is 3.75. The van der Waals surface area contributed by atoms with E-state index in [0.717, 1.165) is 32.1 Å². The molecular formula is C16H28O7. The Hall–Kier alpha value is -0.720. The van der Waals surface area contributed by atoms with Crippen LogP contribution in [0.5, 0.6) is 0 Å². The molecule has 0 aromatic heterocycles. The Morgan fingerprint density at radius 3 is 2.22 bits per heavy atom. The van der Waals surface area contributed by atoms with Crippen LogP contribution in [0.25, 0.3) is 0 Å². The molecule has 7 nitrogen and oxygen atoms in total. The molecule has 0 bridgehead atoms. The maximum atomic E-state index is 9.80. The number of rotatable bonds is 11. The minimum Gasteiger partial charge on any atom is -0.394 e. The lowest BCUT2D eigenvalue weighted by Crippen LogP contribution is -2.59. The van der Waals surface area contributed by atoms with Crippen LogP contribution in [0.15, 0.2) is 0 Å². The minimum atomic E-state index is -1.39. The highest BCUT2D eigenvalue weighted by Gasteiger charge is 2.43. The van der Waals surface area contributed by atoms with Gasteiger partial charge in [-0.1, -0.05) is 25.2 Å². The summed E-state index contributed by atoms with van der Waals surface area (Å²) in [7, 11) is 0. The van der Waals surface area contributed by atoms with Gasteiger partial charge in [-0.2, -0.15) is 0 Å². The minimum absolute atomic E-state index is 0.354. The molecule has 7 heteroatoms. The van der Waals surface area contributed by atoms with Gasteiger partial charge in [0.25, 0.3) is 0 Å². The SMILES string of the molecule is C#CCOCCCCCCCOC1OC(CO)C(O)C(O)C1O. The molecule has 5 atom stereocenters. The Labute approximate surface area is 137 Å². The maximum Gasteiger partial charge on any atom is 0.186 e. The molecule has 0 aromatic rings. The van der Waals surface area contributed by atoms with Crippen LogP contribution in [0.2, 0.25) is 0 Å². The van der Waals surface area contributed by atoms with E-state index in [1.54, 1.807) is 0 Å². The van der Waals surface area contributed by atoms with Crippen LogP contribution in [0, 0.1) is 12.3 Å². The van der Waals surface area contributed by atoms with Gasteiger partial charge in [0, 0.05) is 13.2 Å². The Bertz CT molecular complexity index is 342. The number of hydrogen-bond donors (Lipinski definition) is 4. The average Bonchev–Trinajstić information content (AvgIpc) is 2.56. The molecule has 1 rings (SSSR count). The Kier molecular flexibility index (Phi) is 10.4. The topological polar surface area (TPSA) is 109 Å². The fraction of sp³-hybridized carbons (Fsp3) is 0.875. The number of unbranched alkanes of at least 4 members (excludes halogenated alkanes) is 4. The smallest absolute Gasteiger partial charge is 0.186 e. The first-order valence-corrected chi connectivity index (χ1v) is 8.05. The summed E-state index contributed by atoms with van der Waals surface area (Å²) in [5.41, 5.74) is 0. The first-order valence-electron chi connectivity index (χ1n) is 8.05. The molecule has 1 heterocycles. The van der Waals surface area contributed by atoms with Crippen molar-refractivity contribution in [2.75, 3.05) is 26.4 Å². The third-order valence-corrected chi connectivity index (χ3v) is 3.75. The molecule has 134 valence electrons. The second-order valence-corrected chi connectivity index (χ2v) is 5.59. The van der Waals surface area contributed by atoms with Crippen LogP contribution in [-0.4, -0.2) is 77.6 Å². The summed E-state index contributed by atoms with van der Waals surface area (Å²) in [6.07, 6.45) is 3.83. The molecule has 0 radical (unpaired) electrons. The van der Waals surface area contributed by atoms with Crippen molar-refractivity contribution in [3.63, 3.8) is 0 Å². The lowest BCUT2D eigenvalue weighted by molar-refractivity contribution is -0.301. The Balaban J connectivity index is 2.07. The van der Waals surface area contributed by atoms with Gasteiger partial charge in [0.2, 0.25) is 0 Å². The van der Waals surface area contributed by atoms with Gasteiger partial charge in [0.1, 0.15) is 31.0 Å². The lowest BCUT2D eigenvalue weighted by atomic mass is 9.99. The van der Waals surface area contributed by atoms with Crippen molar-refractivity contribution in [2.24, 2.45) is 0 Å². The van der Waals surface area contributed by atoms with Crippen LogP contribution in [0.4, 0.5) is 0 Å². The summed E-state index contributed by atoms with van der Waals surface area (Å²) >= 11 is 0. The second kappa shape index (κ2) is 11.8. The van der Waals surface area contributed by atoms with E-state index in [1.807, 2.05) is 0 Å². The van der Waals surface area contributed by atoms with Gasteiger partial charge in [-0.15, -0.1) is 6.42 Å². The normalized spacial score (nSPS) is 31.0. The zero-order valence-corrected chi connectivity index (χ0v) is 13.3. The first kappa shape index (κ1) is 20.3. The summed E-state index contributed by atoms with van der Waals surface area (Å²) in [6.45, 7) is 0.946. The summed E-state index contributed by atoms with van der Waals surface area (Å²) in [6, 6.07) is 0.